The summed E-state index contributed by atoms with van der Waals surface area (Å²) < 4.78 is 5.56. The van der Waals surface area contributed by atoms with Crippen LogP contribution in [0.2, 0.25) is 0 Å². The standard InChI is InChI=1S/C18H16N2O2/c1-12(13-8-10-20-11-9-13)22-18(21)15-6-2-4-14-5-3-7-16(19)17(14)15/h2-12H,19H2,1H3/t12-/m0/s1. The molecule has 22 heavy (non-hydrogen) atoms. The van der Waals surface area contributed by atoms with Crippen LogP contribution in [0.3, 0.4) is 0 Å². The van der Waals surface area contributed by atoms with E-state index in [2.05, 4.69) is 4.98 Å². The predicted octanol–water partition coefficient (Wildman–Crippen LogP) is 3.74. The number of aromatic nitrogens is 1. The van der Waals surface area contributed by atoms with E-state index < -0.39 is 0 Å². The second-order valence-electron chi connectivity index (χ2n) is 5.08. The highest BCUT2D eigenvalue weighted by Gasteiger charge is 2.17. The second kappa shape index (κ2) is 5.85. The molecule has 1 heterocycles. The molecule has 0 aliphatic rings. The first-order chi connectivity index (χ1) is 10.7. The maximum Gasteiger partial charge on any atom is 0.339 e. The Balaban J connectivity index is 1.93. The molecule has 0 bridgehead atoms. The number of pyridine rings is 1. The average molecular weight is 292 g/mol. The minimum Gasteiger partial charge on any atom is -0.454 e. The number of esters is 1. The number of carbonyl (C=O) groups is 1. The van der Waals surface area contributed by atoms with E-state index in [4.69, 9.17) is 10.5 Å². The van der Waals surface area contributed by atoms with Gasteiger partial charge in [0.15, 0.2) is 0 Å². The average Bonchev–Trinajstić information content (AvgIpc) is 2.55. The SMILES string of the molecule is C[C@H](OC(=O)c1cccc2cccc(N)c12)c1ccncc1. The van der Waals surface area contributed by atoms with Crippen LogP contribution in [0.25, 0.3) is 10.8 Å². The molecule has 0 saturated carbocycles. The largest absolute Gasteiger partial charge is 0.454 e. The number of anilines is 1. The van der Waals surface area contributed by atoms with Crippen molar-refractivity contribution in [1.29, 1.82) is 0 Å². The molecule has 2 N–H and O–H groups in total. The minimum atomic E-state index is -0.382. The van der Waals surface area contributed by atoms with E-state index in [0.717, 1.165) is 16.3 Å². The van der Waals surface area contributed by atoms with Crippen molar-refractivity contribution < 1.29 is 9.53 Å². The monoisotopic (exact) mass is 292 g/mol. The Labute approximate surface area is 128 Å². The van der Waals surface area contributed by atoms with E-state index >= 15 is 0 Å². The molecule has 4 nitrogen and oxygen atoms in total. The second-order valence-corrected chi connectivity index (χ2v) is 5.08. The van der Waals surface area contributed by atoms with Crippen LogP contribution >= 0.6 is 0 Å². The molecule has 0 unspecified atom stereocenters. The van der Waals surface area contributed by atoms with E-state index in [0.29, 0.717) is 11.3 Å². The summed E-state index contributed by atoms with van der Waals surface area (Å²) in [5.41, 5.74) is 7.97. The van der Waals surface area contributed by atoms with Gasteiger partial charge in [-0.15, -0.1) is 0 Å². The fourth-order valence-corrected chi connectivity index (χ4v) is 2.47. The topological polar surface area (TPSA) is 65.2 Å². The Hall–Kier alpha value is -2.88. The van der Waals surface area contributed by atoms with Gasteiger partial charge in [-0.2, -0.15) is 0 Å². The third kappa shape index (κ3) is 2.63. The zero-order chi connectivity index (χ0) is 15.5. The number of carbonyl (C=O) groups excluding carboxylic acids is 1. The molecule has 1 aromatic heterocycles. The summed E-state index contributed by atoms with van der Waals surface area (Å²) >= 11 is 0. The van der Waals surface area contributed by atoms with Gasteiger partial charge in [-0.3, -0.25) is 4.98 Å². The van der Waals surface area contributed by atoms with Gasteiger partial charge >= 0.3 is 5.97 Å². The highest BCUT2D eigenvalue weighted by molar-refractivity contribution is 6.09. The number of ether oxygens (including phenoxy) is 1. The summed E-state index contributed by atoms with van der Waals surface area (Å²) in [4.78, 5) is 16.5. The fourth-order valence-electron chi connectivity index (χ4n) is 2.47. The lowest BCUT2D eigenvalue weighted by Crippen LogP contribution is -2.10. The van der Waals surface area contributed by atoms with Crippen LogP contribution in [0.5, 0.6) is 0 Å². The van der Waals surface area contributed by atoms with Crippen LogP contribution in [0.1, 0.15) is 28.9 Å². The zero-order valence-corrected chi connectivity index (χ0v) is 12.2. The fraction of sp³-hybridized carbons (Fsp3) is 0.111. The Bertz CT molecular complexity index is 810. The van der Waals surface area contributed by atoms with E-state index in [-0.39, 0.29) is 12.1 Å². The molecule has 0 amide bonds. The molecule has 0 aliphatic heterocycles. The smallest absolute Gasteiger partial charge is 0.339 e. The van der Waals surface area contributed by atoms with Crippen molar-refractivity contribution >= 4 is 22.4 Å². The number of fused-ring (bicyclic) bond motifs is 1. The molecule has 2 aromatic carbocycles. The van der Waals surface area contributed by atoms with Crippen molar-refractivity contribution in [2.45, 2.75) is 13.0 Å². The summed E-state index contributed by atoms with van der Waals surface area (Å²) in [6.45, 7) is 1.84. The number of rotatable bonds is 3. The molecule has 4 heteroatoms. The van der Waals surface area contributed by atoms with Gasteiger partial charge in [0, 0.05) is 23.5 Å². The number of benzene rings is 2. The summed E-state index contributed by atoms with van der Waals surface area (Å²) in [5, 5.41) is 1.66. The Kier molecular flexibility index (Phi) is 3.74. The maximum atomic E-state index is 12.5. The molecule has 110 valence electrons. The molecule has 3 aromatic rings. The van der Waals surface area contributed by atoms with E-state index in [9.17, 15) is 4.79 Å². The van der Waals surface area contributed by atoms with Crippen molar-refractivity contribution in [2.24, 2.45) is 0 Å². The van der Waals surface area contributed by atoms with Gasteiger partial charge < -0.3 is 10.5 Å². The Morgan fingerprint density at radius 3 is 2.50 bits per heavy atom. The van der Waals surface area contributed by atoms with E-state index in [1.807, 2.05) is 43.3 Å². The normalized spacial score (nSPS) is 12.0. The Morgan fingerprint density at radius 2 is 1.77 bits per heavy atom. The highest BCUT2D eigenvalue weighted by atomic mass is 16.5. The quantitative estimate of drug-likeness (QED) is 0.590. The lowest BCUT2D eigenvalue weighted by molar-refractivity contribution is 0.0340. The van der Waals surface area contributed by atoms with Gasteiger partial charge in [-0.25, -0.2) is 4.79 Å². The number of nitrogens with two attached hydrogens (primary N) is 1. The first-order valence-corrected chi connectivity index (χ1v) is 7.05. The van der Waals surface area contributed by atoms with Gasteiger partial charge in [-0.1, -0.05) is 24.3 Å². The molecule has 0 spiro atoms. The lowest BCUT2D eigenvalue weighted by Gasteiger charge is -2.15. The van der Waals surface area contributed by atoms with Gasteiger partial charge in [0.25, 0.3) is 0 Å². The minimum absolute atomic E-state index is 0.351. The molecule has 0 saturated heterocycles. The highest BCUT2D eigenvalue weighted by Crippen LogP contribution is 2.27. The van der Waals surface area contributed by atoms with Gasteiger partial charge in [-0.05, 0) is 42.1 Å². The number of hydrogen-bond acceptors (Lipinski definition) is 4. The third-order valence-electron chi connectivity index (χ3n) is 3.62. The first kappa shape index (κ1) is 14.1. The summed E-state index contributed by atoms with van der Waals surface area (Å²) in [6, 6.07) is 14.7. The van der Waals surface area contributed by atoms with Crippen molar-refractivity contribution in [1.82, 2.24) is 4.98 Å². The van der Waals surface area contributed by atoms with Gasteiger partial charge in [0.05, 0.1) is 5.56 Å². The number of nitrogens with zero attached hydrogens (tertiary/aromatic N) is 1. The lowest BCUT2D eigenvalue weighted by atomic mass is 10.0. The van der Waals surface area contributed by atoms with Crippen LogP contribution in [0.15, 0.2) is 60.9 Å². The van der Waals surface area contributed by atoms with Crippen molar-refractivity contribution in [3.8, 4) is 0 Å². The van der Waals surface area contributed by atoms with Crippen LogP contribution in [-0.2, 0) is 4.74 Å². The third-order valence-corrected chi connectivity index (χ3v) is 3.62. The predicted molar refractivity (Wildman–Crippen MR) is 86.4 cm³/mol. The molecular weight excluding hydrogens is 276 g/mol. The molecule has 1 atom stereocenters. The Morgan fingerprint density at radius 1 is 1.09 bits per heavy atom. The first-order valence-electron chi connectivity index (χ1n) is 7.05. The number of hydrogen-bond donors (Lipinski definition) is 1. The van der Waals surface area contributed by atoms with Crippen molar-refractivity contribution in [3.63, 3.8) is 0 Å². The molecule has 0 aliphatic carbocycles. The van der Waals surface area contributed by atoms with Crippen LogP contribution in [0, 0.1) is 0 Å². The van der Waals surface area contributed by atoms with Crippen molar-refractivity contribution in [2.75, 3.05) is 5.73 Å². The van der Waals surface area contributed by atoms with E-state index in [1.165, 1.54) is 0 Å². The van der Waals surface area contributed by atoms with E-state index in [1.54, 1.807) is 24.5 Å². The molecule has 0 fully saturated rings. The summed E-state index contributed by atoms with van der Waals surface area (Å²) in [7, 11) is 0. The number of nitrogen functional groups attached to an aromatic ring is 1. The molecule has 3 rings (SSSR count). The molecule has 0 radical (unpaired) electrons. The zero-order valence-electron chi connectivity index (χ0n) is 12.2. The summed E-state index contributed by atoms with van der Waals surface area (Å²) in [6.07, 6.45) is 3.00. The maximum absolute atomic E-state index is 12.5. The van der Waals surface area contributed by atoms with Crippen molar-refractivity contribution in [3.05, 3.63) is 72.1 Å². The molecular formula is C18H16N2O2. The van der Waals surface area contributed by atoms with Gasteiger partial charge in [0.2, 0.25) is 0 Å². The van der Waals surface area contributed by atoms with Crippen LogP contribution < -0.4 is 5.73 Å². The van der Waals surface area contributed by atoms with Crippen LogP contribution in [-0.4, -0.2) is 11.0 Å². The summed E-state index contributed by atoms with van der Waals surface area (Å²) in [5.74, 6) is -0.382. The van der Waals surface area contributed by atoms with Crippen LogP contribution in [0.4, 0.5) is 5.69 Å². The van der Waals surface area contributed by atoms with Gasteiger partial charge in [0.1, 0.15) is 6.10 Å².